The van der Waals surface area contributed by atoms with Crippen molar-refractivity contribution in [2.75, 3.05) is 0 Å². The van der Waals surface area contributed by atoms with Gasteiger partial charge in [0.05, 0.1) is 12.4 Å². The van der Waals surface area contributed by atoms with Gasteiger partial charge in [-0.2, -0.15) is 0 Å². The SMILES string of the molecule is O=[N+](Oc1c[nH]nn1)Oc1c[nH]nn1.[NaH]. The average Bonchev–Trinajstić information content (AvgIpc) is 2.76. The monoisotopic (exact) mass is 222 g/mol. The normalized spacial score (nSPS) is 9.07. The van der Waals surface area contributed by atoms with Gasteiger partial charge < -0.3 is 0 Å². The minimum atomic E-state index is -0.171. The number of hydrogen-bond acceptors (Lipinski definition) is 7. The Morgan fingerprint density at radius 3 is 1.87 bits per heavy atom. The number of nitrogens with zero attached hydrogens (tertiary/aromatic N) is 5. The van der Waals surface area contributed by atoms with E-state index in [1.54, 1.807) is 0 Å². The third-order valence-electron chi connectivity index (χ3n) is 1.12. The fourth-order valence-electron chi connectivity index (χ4n) is 0.643. The summed E-state index contributed by atoms with van der Waals surface area (Å²) < 4.78 is 0. The van der Waals surface area contributed by atoms with Crippen LogP contribution < -0.4 is 9.68 Å². The van der Waals surface area contributed by atoms with Crippen molar-refractivity contribution in [3.63, 3.8) is 0 Å². The maximum absolute atomic E-state index is 10.9. The van der Waals surface area contributed by atoms with E-state index in [1.807, 2.05) is 0 Å². The molecule has 0 aliphatic heterocycles. The molecule has 10 nitrogen and oxygen atoms in total. The number of nitrogens with one attached hydrogen (secondary N) is 2. The molecule has 2 aromatic heterocycles. The molecule has 2 aromatic rings. The summed E-state index contributed by atoms with van der Waals surface area (Å²) in [6.45, 7) is 0. The van der Waals surface area contributed by atoms with E-state index in [-0.39, 0.29) is 46.4 Å². The summed E-state index contributed by atoms with van der Waals surface area (Å²) in [5.74, 6) is -0.0491. The van der Waals surface area contributed by atoms with Crippen molar-refractivity contribution < 1.29 is 14.8 Å². The van der Waals surface area contributed by atoms with Gasteiger partial charge in [-0.05, 0) is 0 Å². The third-order valence-corrected chi connectivity index (χ3v) is 1.12. The van der Waals surface area contributed by atoms with Crippen LogP contribution in [0, 0.1) is 4.91 Å². The van der Waals surface area contributed by atoms with E-state index in [2.05, 4.69) is 40.5 Å². The molecule has 0 unspecified atom stereocenters. The second-order valence-corrected chi connectivity index (χ2v) is 2.03. The number of hydrogen-bond donors (Lipinski definition) is 2. The zero-order valence-electron chi connectivity index (χ0n) is 6.62. The Hall–Kier alpha value is -1.52. The van der Waals surface area contributed by atoms with Gasteiger partial charge in [0.15, 0.2) is 0 Å². The molecular weight excluding hydrogens is 217 g/mol. The molecule has 0 aliphatic rings. The number of H-pyrrole nitrogens is 2. The molecule has 0 atom stereocenters. The summed E-state index contributed by atoms with van der Waals surface area (Å²) in [6, 6.07) is 0. The van der Waals surface area contributed by atoms with Crippen LogP contribution in [0.1, 0.15) is 0 Å². The first kappa shape index (κ1) is 11.6. The second-order valence-electron chi connectivity index (χ2n) is 2.03. The van der Waals surface area contributed by atoms with E-state index in [0.29, 0.717) is 0 Å². The molecular formula is C4H5N7NaO3+. The van der Waals surface area contributed by atoms with Crippen molar-refractivity contribution in [1.29, 1.82) is 0 Å². The molecule has 2 heterocycles. The fourth-order valence-corrected chi connectivity index (χ4v) is 0.643. The van der Waals surface area contributed by atoms with Crippen LogP contribution in [-0.4, -0.2) is 65.5 Å². The van der Waals surface area contributed by atoms with E-state index < -0.39 is 0 Å². The Bertz CT molecular complexity index is 362. The minimum absolute atomic E-state index is 0. The van der Waals surface area contributed by atoms with Crippen LogP contribution in [0.25, 0.3) is 0 Å². The Balaban J connectivity index is 0.00000112. The number of rotatable bonds is 4. The molecule has 11 heteroatoms. The van der Waals surface area contributed by atoms with Gasteiger partial charge >= 0.3 is 46.4 Å². The molecule has 2 rings (SSSR count). The van der Waals surface area contributed by atoms with Gasteiger partial charge in [-0.25, -0.2) is 0 Å². The Morgan fingerprint density at radius 2 is 1.53 bits per heavy atom. The van der Waals surface area contributed by atoms with Crippen molar-refractivity contribution in [2.45, 2.75) is 0 Å². The predicted molar refractivity (Wildman–Crippen MR) is 44.8 cm³/mol. The summed E-state index contributed by atoms with van der Waals surface area (Å²) in [6.07, 6.45) is 2.55. The summed E-state index contributed by atoms with van der Waals surface area (Å²) in [4.78, 5) is 19.9. The van der Waals surface area contributed by atoms with Gasteiger partial charge in [-0.3, -0.25) is 10.2 Å². The molecule has 0 spiro atoms. The molecule has 0 saturated heterocycles. The zero-order chi connectivity index (χ0) is 9.80. The number of aromatic nitrogens is 6. The van der Waals surface area contributed by atoms with Crippen molar-refractivity contribution in [3.05, 3.63) is 17.3 Å². The quantitative estimate of drug-likeness (QED) is 0.469. The second kappa shape index (κ2) is 5.38. The Kier molecular flexibility index (Phi) is 4.15. The standard InChI is InChI=1S/C4H4N7O3.Na.H/c12-11(13-3-1-5-9-7-3)14-4-2-6-10-8-4;;/h1-2H,(H,5,7,9)(H,6,8,10);;/q+1;;. The van der Waals surface area contributed by atoms with Crippen LogP contribution in [0.15, 0.2) is 12.4 Å². The van der Waals surface area contributed by atoms with E-state index in [9.17, 15) is 4.91 Å². The van der Waals surface area contributed by atoms with Gasteiger partial charge in [0.25, 0.3) is 0 Å². The van der Waals surface area contributed by atoms with Crippen molar-refractivity contribution in [2.24, 2.45) is 0 Å². The molecule has 15 heavy (non-hydrogen) atoms. The van der Waals surface area contributed by atoms with Crippen LogP contribution in [0.2, 0.25) is 0 Å². The maximum atomic E-state index is 10.9. The Labute approximate surface area is 104 Å². The first-order chi connectivity index (χ1) is 6.84. The van der Waals surface area contributed by atoms with E-state index in [0.717, 1.165) is 0 Å². The van der Waals surface area contributed by atoms with E-state index in [1.165, 1.54) is 12.4 Å². The van der Waals surface area contributed by atoms with Crippen LogP contribution in [0.3, 0.4) is 0 Å². The summed E-state index contributed by atoms with van der Waals surface area (Å²) in [5.41, 5.74) is 0. The summed E-state index contributed by atoms with van der Waals surface area (Å²) in [5, 5.41) is 18.0. The molecule has 0 saturated carbocycles. The topological polar surface area (TPSA) is 122 Å². The fraction of sp³-hybridized carbons (Fsp3) is 0. The number of aromatic amines is 2. The molecule has 74 valence electrons. The van der Waals surface area contributed by atoms with Gasteiger partial charge in [0.2, 0.25) is 0 Å². The molecule has 0 radical (unpaired) electrons. The third kappa shape index (κ3) is 3.27. The first-order valence-corrected chi connectivity index (χ1v) is 3.41. The summed E-state index contributed by atoms with van der Waals surface area (Å²) in [7, 11) is 0. The van der Waals surface area contributed by atoms with Crippen LogP contribution in [-0.2, 0) is 0 Å². The van der Waals surface area contributed by atoms with Gasteiger partial charge in [0, 0.05) is 0 Å². The first-order valence-electron chi connectivity index (χ1n) is 3.41. The van der Waals surface area contributed by atoms with Crippen LogP contribution in [0.5, 0.6) is 11.8 Å². The molecule has 0 aromatic carbocycles. The Morgan fingerprint density at radius 1 is 1.07 bits per heavy atom. The van der Waals surface area contributed by atoms with E-state index >= 15 is 0 Å². The predicted octanol–water partition coefficient (Wildman–Crippen LogP) is -1.66. The molecule has 0 fully saturated rings. The molecule has 2 N–H and O–H groups in total. The van der Waals surface area contributed by atoms with Gasteiger partial charge in [-0.1, -0.05) is 20.6 Å². The van der Waals surface area contributed by atoms with Gasteiger partial charge in [-0.15, -0.1) is 9.68 Å². The zero-order valence-corrected chi connectivity index (χ0v) is 6.62. The molecule has 0 bridgehead atoms. The van der Waals surface area contributed by atoms with Crippen molar-refractivity contribution in [3.8, 4) is 11.8 Å². The van der Waals surface area contributed by atoms with E-state index in [4.69, 9.17) is 0 Å². The molecule has 0 amide bonds. The van der Waals surface area contributed by atoms with Crippen molar-refractivity contribution in [1.82, 2.24) is 30.8 Å². The van der Waals surface area contributed by atoms with Crippen molar-refractivity contribution >= 4 is 29.6 Å². The van der Waals surface area contributed by atoms with Crippen LogP contribution in [0.4, 0.5) is 0 Å². The summed E-state index contributed by atoms with van der Waals surface area (Å²) >= 11 is 0. The van der Waals surface area contributed by atoms with Crippen LogP contribution >= 0.6 is 0 Å². The molecule has 0 aliphatic carbocycles. The van der Waals surface area contributed by atoms with Gasteiger partial charge in [0.1, 0.15) is 4.91 Å². The average molecular weight is 222 g/mol.